The molecule has 1 aromatic rings. The van der Waals surface area contributed by atoms with E-state index in [4.69, 9.17) is 4.42 Å². The van der Waals surface area contributed by atoms with Crippen LogP contribution in [0.25, 0.3) is 0 Å². The Bertz CT molecular complexity index is 268. The lowest BCUT2D eigenvalue weighted by molar-refractivity contribution is 0.359. The van der Waals surface area contributed by atoms with Crippen molar-refractivity contribution in [3.05, 3.63) is 17.3 Å². The molecule has 0 aromatic carbocycles. The average Bonchev–Trinajstić information content (AvgIpc) is 2.78. The Morgan fingerprint density at radius 1 is 1.20 bits per heavy atom. The summed E-state index contributed by atoms with van der Waals surface area (Å²) in [5.41, 5.74) is 0.988. The molecule has 0 bridgehead atoms. The zero-order valence-corrected chi connectivity index (χ0v) is 10.3. The molecule has 0 aliphatic carbocycles. The fraction of sp³-hybridized carbons (Fsp3) is 0.750. The summed E-state index contributed by atoms with van der Waals surface area (Å²) in [6, 6.07) is 0. The number of hydrogen-bond acceptors (Lipinski definition) is 3. The number of aryl methyl sites for hydroxylation is 3. The predicted molar refractivity (Wildman–Crippen MR) is 62.1 cm³/mol. The van der Waals surface area contributed by atoms with Gasteiger partial charge < -0.3 is 9.32 Å². The van der Waals surface area contributed by atoms with Gasteiger partial charge in [-0.1, -0.05) is 6.92 Å². The third-order valence-electron chi connectivity index (χ3n) is 2.78. The van der Waals surface area contributed by atoms with Gasteiger partial charge in [-0.3, -0.25) is 0 Å². The minimum atomic E-state index is 0.750. The van der Waals surface area contributed by atoms with Crippen molar-refractivity contribution in [3.8, 4) is 0 Å². The lowest BCUT2D eigenvalue weighted by Gasteiger charge is -2.08. The number of nitrogens with zero attached hydrogens (tertiary/aromatic N) is 2. The Morgan fingerprint density at radius 3 is 2.00 bits per heavy atom. The van der Waals surface area contributed by atoms with Gasteiger partial charge in [-0.2, -0.15) is 0 Å². The third-order valence-corrected chi connectivity index (χ3v) is 2.78. The van der Waals surface area contributed by atoms with Gasteiger partial charge in [-0.25, -0.2) is 4.98 Å². The molecule has 2 heterocycles. The van der Waals surface area contributed by atoms with Crippen LogP contribution in [0.5, 0.6) is 0 Å². The Balaban J connectivity index is 0.000000151. The van der Waals surface area contributed by atoms with Gasteiger partial charge in [0.15, 0.2) is 5.89 Å². The molecule has 0 atom stereocenters. The highest BCUT2D eigenvalue weighted by Gasteiger charge is 2.06. The van der Waals surface area contributed by atoms with Crippen LogP contribution in [0.15, 0.2) is 4.42 Å². The van der Waals surface area contributed by atoms with Crippen molar-refractivity contribution in [1.82, 2.24) is 9.88 Å². The molecule has 86 valence electrons. The van der Waals surface area contributed by atoms with Gasteiger partial charge in [-0.15, -0.1) is 0 Å². The first-order chi connectivity index (χ1) is 7.13. The maximum absolute atomic E-state index is 5.10. The molecule has 0 unspecified atom stereocenters. The quantitative estimate of drug-likeness (QED) is 0.713. The third kappa shape index (κ3) is 4.04. The molecule has 0 amide bonds. The van der Waals surface area contributed by atoms with Crippen molar-refractivity contribution >= 4 is 0 Å². The number of likely N-dealkylation sites (tertiary alicyclic amines) is 1. The monoisotopic (exact) mass is 210 g/mol. The van der Waals surface area contributed by atoms with Gasteiger partial charge in [0.1, 0.15) is 5.76 Å². The Morgan fingerprint density at radius 2 is 1.80 bits per heavy atom. The van der Waals surface area contributed by atoms with E-state index in [-0.39, 0.29) is 0 Å². The van der Waals surface area contributed by atoms with Crippen molar-refractivity contribution < 1.29 is 4.42 Å². The largest absolute Gasteiger partial charge is 0.446 e. The van der Waals surface area contributed by atoms with Gasteiger partial charge >= 0.3 is 0 Å². The Hall–Kier alpha value is -0.830. The molecule has 15 heavy (non-hydrogen) atoms. The fourth-order valence-electron chi connectivity index (χ4n) is 1.73. The molecular formula is C12H22N2O. The zero-order valence-electron chi connectivity index (χ0n) is 10.3. The molecule has 3 nitrogen and oxygen atoms in total. The van der Waals surface area contributed by atoms with Crippen LogP contribution >= 0.6 is 0 Å². The molecule has 0 saturated carbocycles. The van der Waals surface area contributed by atoms with E-state index in [2.05, 4.69) is 16.8 Å². The molecule has 0 spiro atoms. The smallest absolute Gasteiger partial charge is 0.191 e. The Kier molecular flexibility index (Phi) is 4.82. The summed E-state index contributed by atoms with van der Waals surface area (Å²) < 4.78 is 5.10. The highest BCUT2D eigenvalue weighted by Crippen LogP contribution is 2.05. The fourth-order valence-corrected chi connectivity index (χ4v) is 1.73. The molecule has 0 N–H and O–H groups in total. The van der Waals surface area contributed by atoms with Crippen LogP contribution in [0.2, 0.25) is 0 Å². The average molecular weight is 210 g/mol. The van der Waals surface area contributed by atoms with Crippen LogP contribution in [0.1, 0.15) is 37.1 Å². The van der Waals surface area contributed by atoms with E-state index >= 15 is 0 Å². The molecule has 1 aliphatic rings. The van der Waals surface area contributed by atoms with Crippen molar-refractivity contribution in [2.75, 3.05) is 19.6 Å². The number of oxazole rings is 1. The van der Waals surface area contributed by atoms with Crippen molar-refractivity contribution in [3.63, 3.8) is 0 Å². The summed E-state index contributed by atoms with van der Waals surface area (Å²) in [6.07, 6.45) is 2.85. The second kappa shape index (κ2) is 5.91. The normalized spacial score (nSPS) is 16.3. The van der Waals surface area contributed by atoms with E-state index in [9.17, 15) is 0 Å². The van der Waals surface area contributed by atoms with E-state index in [0.29, 0.717) is 0 Å². The first-order valence-electron chi connectivity index (χ1n) is 5.76. The number of aromatic nitrogens is 1. The Labute approximate surface area is 92.5 Å². The molecular weight excluding hydrogens is 188 g/mol. The summed E-state index contributed by atoms with van der Waals surface area (Å²) in [7, 11) is 0. The van der Waals surface area contributed by atoms with Gasteiger partial charge in [0.25, 0.3) is 0 Å². The predicted octanol–water partition coefficient (Wildman–Crippen LogP) is 2.70. The van der Waals surface area contributed by atoms with Crippen LogP contribution in [0, 0.1) is 20.8 Å². The molecule has 1 fully saturated rings. The molecule has 2 rings (SSSR count). The first kappa shape index (κ1) is 12.2. The van der Waals surface area contributed by atoms with E-state index in [0.717, 1.165) is 17.3 Å². The molecule has 0 radical (unpaired) electrons. The summed E-state index contributed by atoms with van der Waals surface area (Å²) in [4.78, 5) is 6.53. The maximum atomic E-state index is 5.10. The van der Waals surface area contributed by atoms with Gasteiger partial charge in [0, 0.05) is 6.92 Å². The molecule has 1 saturated heterocycles. The van der Waals surface area contributed by atoms with Crippen LogP contribution in [0.4, 0.5) is 0 Å². The topological polar surface area (TPSA) is 29.3 Å². The van der Waals surface area contributed by atoms with Crippen LogP contribution in [0.3, 0.4) is 0 Å². The maximum Gasteiger partial charge on any atom is 0.191 e. The van der Waals surface area contributed by atoms with E-state index in [1.54, 1.807) is 0 Å². The summed E-state index contributed by atoms with van der Waals surface area (Å²) >= 11 is 0. The highest BCUT2D eigenvalue weighted by atomic mass is 16.4. The molecule has 3 heteroatoms. The van der Waals surface area contributed by atoms with Gasteiger partial charge in [-0.05, 0) is 46.3 Å². The summed E-state index contributed by atoms with van der Waals surface area (Å²) in [5.74, 6) is 1.67. The van der Waals surface area contributed by atoms with Gasteiger partial charge in [0.05, 0.1) is 5.69 Å². The van der Waals surface area contributed by atoms with E-state index in [1.165, 1.54) is 32.5 Å². The number of hydrogen-bond donors (Lipinski definition) is 0. The van der Waals surface area contributed by atoms with Crippen LogP contribution in [-0.2, 0) is 0 Å². The van der Waals surface area contributed by atoms with E-state index < -0.39 is 0 Å². The second-order valence-electron chi connectivity index (χ2n) is 4.02. The summed E-state index contributed by atoms with van der Waals surface area (Å²) in [6.45, 7) is 11.9. The SMILES string of the molecule is CCN1CCCC1.Cc1nc(C)c(C)o1. The number of rotatable bonds is 1. The standard InChI is InChI=1S/C6H9NO.C6H13N/c1-4-5(2)8-6(3)7-4;1-2-7-5-3-4-6-7/h1-3H3;2-6H2,1H3. The zero-order chi connectivity index (χ0) is 11.3. The van der Waals surface area contributed by atoms with Crippen molar-refractivity contribution in [1.29, 1.82) is 0 Å². The lowest BCUT2D eigenvalue weighted by atomic mass is 10.4. The molecule has 1 aliphatic heterocycles. The minimum Gasteiger partial charge on any atom is -0.446 e. The van der Waals surface area contributed by atoms with Gasteiger partial charge in [0.2, 0.25) is 0 Å². The summed E-state index contributed by atoms with van der Waals surface area (Å²) in [5, 5.41) is 0. The second-order valence-corrected chi connectivity index (χ2v) is 4.02. The minimum absolute atomic E-state index is 0.750. The van der Waals surface area contributed by atoms with Crippen LogP contribution < -0.4 is 0 Å². The van der Waals surface area contributed by atoms with Crippen molar-refractivity contribution in [2.24, 2.45) is 0 Å². The molecule has 1 aromatic heterocycles. The van der Waals surface area contributed by atoms with E-state index in [1.807, 2.05) is 20.8 Å². The van der Waals surface area contributed by atoms with Crippen LogP contribution in [-0.4, -0.2) is 29.5 Å². The van der Waals surface area contributed by atoms with Crippen molar-refractivity contribution in [2.45, 2.75) is 40.5 Å². The first-order valence-corrected chi connectivity index (χ1v) is 5.76. The lowest BCUT2D eigenvalue weighted by Crippen LogP contribution is -2.17. The highest BCUT2D eigenvalue weighted by molar-refractivity contribution is 5.03.